The lowest BCUT2D eigenvalue weighted by Gasteiger charge is -2.09. The van der Waals surface area contributed by atoms with Crippen LogP contribution in [0.15, 0.2) is 60.0 Å². The summed E-state index contributed by atoms with van der Waals surface area (Å²) in [6.45, 7) is 0.484. The number of amides is 1. The highest BCUT2D eigenvalue weighted by Gasteiger charge is 2.11. The van der Waals surface area contributed by atoms with Crippen molar-refractivity contribution in [3.05, 3.63) is 71.2 Å². The highest BCUT2D eigenvalue weighted by molar-refractivity contribution is 5.90. The molecule has 3 aromatic heterocycles. The average molecular weight is 363 g/mol. The number of hydrogen-bond acceptors (Lipinski definition) is 5. The van der Waals surface area contributed by atoms with Crippen LogP contribution in [0.1, 0.15) is 5.56 Å². The molecular formula is C18H17N7O2. The summed E-state index contributed by atoms with van der Waals surface area (Å²) < 4.78 is 4.59. The van der Waals surface area contributed by atoms with Crippen LogP contribution >= 0.6 is 0 Å². The molecule has 9 heteroatoms. The molecule has 0 saturated carbocycles. The SMILES string of the molecule is Cn1ncc2c(=O)n(CC(=O)Nc3cccc(Cn4cccn4)c3)cnc21. The largest absolute Gasteiger partial charge is 0.325 e. The third-order valence-corrected chi connectivity index (χ3v) is 4.15. The Balaban J connectivity index is 1.48. The molecule has 9 nitrogen and oxygen atoms in total. The number of carbonyl (C=O) groups is 1. The quantitative estimate of drug-likeness (QED) is 0.570. The molecule has 27 heavy (non-hydrogen) atoms. The molecule has 0 aliphatic carbocycles. The van der Waals surface area contributed by atoms with E-state index in [0.717, 1.165) is 5.56 Å². The molecule has 0 fully saturated rings. The molecule has 0 atom stereocenters. The number of aromatic nitrogens is 6. The standard InChI is InChI=1S/C18H17N7O2/c1-23-17-15(9-21-23)18(27)24(12-19-17)11-16(26)22-14-5-2-4-13(8-14)10-25-7-3-6-20-25/h2-9,12H,10-11H2,1H3,(H,22,26). The third kappa shape index (κ3) is 3.47. The summed E-state index contributed by atoms with van der Waals surface area (Å²) in [7, 11) is 1.71. The Morgan fingerprint density at radius 3 is 2.93 bits per heavy atom. The molecule has 136 valence electrons. The first-order valence-corrected chi connectivity index (χ1v) is 8.33. The number of fused-ring (bicyclic) bond motifs is 1. The van der Waals surface area contributed by atoms with E-state index in [9.17, 15) is 9.59 Å². The Kier molecular flexibility index (Phi) is 4.25. The number of hydrogen-bond donors (Lipinski definition) is 1. The van der Waals surface area contributed by atoms with Gasteiger partial charge in [-0.1, -0.05) is 12.1 Å². The maximum absolute atomic E-state index is 12.4. The molecule has 0 unspecified atom stereocenters. The van der Waals surface area contributed by atoms with Crippen LogP contribution in [0.5, 0.6) is 0 Å². The lowest BCUT2D eigenvalue weighted by atomic mass is 10.2. The monoisotopic (exact) mass is 363 g/mol. The first-order valence-electron chi connectivity index (χ1n) is 8.33. The van der Waals surface area contributed by atoms with Gasteiger partial charge < -0.3 is 5.32 Å². The van der Waals surface area contributed by atoms with E-state index < -0.39 is 0 Å². The average Bonchev–Trinajstić information content (AvgIpc) is 3.28. The van der Waals surface area contributed by atoms with Gasteiger partial charge in [-0.25, -0.2) is 4.98 Å². The van der Waals surface area contributed by atoms with Gasteiger partial charge in [0, 0.05) is 25.1 Å². The zero-order chi connectivity index (χ0) is 18.8. The van der Waals surface area contributed by atoms with Gasteiger partial charge in [0.1, 0.15) is 18.3 Å². The van der Waals surface area contributed by atoms with Gasteiger partial charge in [0.2, 0.25) is 5.91 Å². The van der Waals surface area contributed by atoms with E-state index in [2.05, 4.69) is 20.5 Å². The highest BCUT2D eigenvalue weighted by Crippen LogP contribution is 2.12. The highest BCUT2D eigenvalue weighted by atomic mass is 16.2. The molecular weight excluding hydrogens is 346 g/mol. The fourth-order valence-electron chi connectivity index (χ4n) is 2.86. The summed E-state index contributed by atoms with van der Waals surface area (Å²) in [5.74, 6) is -0.307. The lowest BCUT2D eigenvalue weighted by Crippen LogP contribution is -2.27. The summed E-state index contributed by atoms with van der Waals surface area (Å²) in [6, 6.07) is 9.36. The molecule has 0 bridgehead atoms. The number of benzene rings is 1. The van der Waals surface area contributed by atoms with Crippen molar-refractivity contribution >= 4 is 22.6 Å². The van der Waals surface area contributed by atoms with Crippen molar-refractivity contribution in [3.63, 3.8) is 0 Å². The van der Waals surface area contributed by atoms with Gasteiger partial charge in [-0.05, 0) is 23.8 Å². The molecule has 0 aliphatic heterocycles. The van der Waals surface area contributed by atoms with E-state index in [-0.39, 0.29) is 18.0 Å². The fraction of sp³-hybridized carbons (Fsp3) is 0.167. The summed E-state index contributed by atoms with van der Waals surface area (Å²) in [5, 5.41) is 11.4. The van der Waals surface area contributed by atoms with Gasteiger partial charge in [0.05, 0.1) is 12.7 Å². The minimum Gasteiger partial charge on any atom is -0.325 e. The van der Waals surface area contributed by atoms with E-state index in [0.29, 0.717) is 23.3 Å². The van der Waals surface area contributed by atoms with Crippen molar-refractivity contribution in [1.82, 2.24) is 29.1 Å². The smallest absolute Gasteiger partial charge is 0.264 e. The predicted molar refractivity (Wildman–Crippen MR) is 99.2 cm³/mol. The molecule has 1 aromatic carbocycles. The summed E-state index contributed by atoms with van der Waals surface area (Å²) in [5.41, 5.74) is 1.86. The van der Waals surface area contributed by atoms with Crippen molar-refractivity contribution < 1.29 is 4.79 Å². The Hall–Kier alpha value is -3.75. The van der Waals surface area contributed by atoms with Crippen molar-refractivity contribution in [1.29, 1.82) is 0 Å². The van der Waals surface area contributed by atoms with Crippen LogP contribution < -0.4 is 10.9 Å². The second kappa shape index (κ2) is 6.87. The second-order valence-corrected chi connectivity index (χ2v) is 6.14. The van der Waals surface area contributed by atoms with Crippen LogP contribution in [0, 0.1) is 0 Å². The van der Waals surface area contributed by atoms with Crippen molar-refractivity contribution in [2.45, 2.75) is 13.1 Å². The van der Waals surface area contributed by atoms with Gasteiger partial charge in [-0.15, -0.1) is 0 Å². The Morgan fingerprint density at radius 2 is 2.11 bits per heavy atom. The summed E-state index contributed by atoms with van der Waals surface area (Å²) in [6.07, 6.45) is 6.41. The maximum atomic E-state index is 12.4. The summed E-state index contributed by atoms with van der Waals surface area (Å²) >= 11 is 0. The van der Waals surface area contributed by atoms with Crippen molar-refractivity contribution in [2.75, 3.05) is 5.32 Å². The molecule has 4 aromatic rings. The number of rotatable bonds is 5. The van der Waals surface area contributed by atoms with Crippen LogP contribution in [0.2, 0.25) is 0 Å². The normalized spacial score (nSPS) is 11.0. The van der Waals surface area contributed by atoms with E-state index in [4.69, 9.17) is 0 Å². The maximum Gasteiger partial charge on any atom is 0.264 e. The first kappa shape index (κ1) is 16.7. The molecule has 0 saturated heterocycles. The minimum atomic E-state index is -0.307. The molecule has 4 rings (SSSR count). The van der Waals surface area contributed by atoms with Crippen molar-refractivity contribution in [3.8, 4) is 0 Å². The van der Waals surface area contributed by atoms with Gasteiger partial charge >= 0.3 is 0 Å². The predicted octanol–water partition coefficient (Wildman–Crippen LogP) is 1.01. The van der Waals surface area contributed by atoms with Gasteiger partial charge in [-0.2, -0.15) is 10.2 Å². The van der Waals surface area contributed by atoms with Crippen LogP contribution in [0.3, 0.4) is 0 Å². The Labute approximate surface area is 153 Å². The molecule has 0 aliphatic rings. The Morgan fingerprint density at radius 1 is 1.22 bits per heavy atom. The molecule has 1 amide bonds. The molecule has 1 N–H and O–H groups in total. The number of nitrogens with zero attached hydrogens (tertiary/aromatic N) is 6. The van der Waals surface area contributed by atoms with Crippen molar-refractivity contribution in [2.24, 2.45) is 7.05 Å². The number of anilines is 1. The second-order valence-electron chi connectivity index (χ2n) is 6.14. The first-order chi connectivity index (χ1) is 13.1. The number of nitrogens with one attached hydrogen (secondary N) is 1. The van der Waals surface area contributed by atoms with Gasteiger partial charge in [0.25, 0.3) is 5.56 Å². The molecule has 3 heterocycles. The van der Waals surface area contributed by atoms with Gasteiger partial charge in [0.15, 0.2) is 5.65 Å². The van der Waals surface area contributed by atoms with E-state index in [1.165, 1.54) is 21.8 Å². The number of aryl methyl sites for hydroxylation is 1. The molecule has 0 spiro atoms. The number of carbonyl (C=O) groups excluding carboxylic acids is 1. The topological polar surface area (TPSA) is 99.6 Å². The summed E-state index contributed by atoms with van der Waals surface area (Å²) in [4.78, 5) is 29.0. The molecule has 0 radical (unpaired) electrons. The van der Waals surface area contributed by atoms with Crippen LogP contribution in [-0.4, -0.2) is 35.0 Å². The van der Waals surface area contributed by atoms with E-state index in [1.807, 2.05) is 30.5 Å². The Bertz CT molecular complexity index is 1160. The third-order valence-electron chi connectivity index (χ3n) is 4.15. The fourth-order valence-corrected chi connectivity index (χ4v) is 2.86. The van der Waals surface area contributed by atoms with Crippen LogP contribution in [-0.2, 0) is 24.9 Å². The minimum absolute atomic E-state index is 0.125. The lowest BCUT2D eigenvalue weighted by molar-refractivity contribution is -0.116. The van der Waals surface area contributed by atoms with Gasteiger partial charge in [-0.3, -0.25) is 23.5 Å². The van der Waals surface area contributed by atoms with Crippen LogP contribution in [0.4, 0.5) is 5.69 Å². The van der Waals surface area contributed by atoms with Crippen LogP contribution in [0.25, 0.3) is 11.0 Å². The zero-order valence-electron chi connectivity index (χ0n) is 14.6. The zero-order valence-corrected chi connectivity index (χ0v) is 14.6. The van der Waals surface area contributed by atoms with E-state index >= 15 is 0 Å². The van der Waals surface area contributed by atoms with E-state index in [1.54, 1.807) is 24.0 Å².